The Morgan fingerprint density at radius 2 is 1.35 bits per heavy atom. The minimum Gasteiger partial charge on any atom is -0.468 e. The quantitative estimate of drug-likeness (QED) is 0.145. The van der Waals surface area contributed by atoms with Gasteiger partial charge in [-0.2, -0.15) is 0 Å². The molecule has 1 aliphatic rings. The monoisotopic (exact) mass is 536 g/mol. The highest BCUT2D eigenvalue weighted by atomic mass is 16.7. The second kappa shape index (κ2) is 10.8. The van der Waals surface area contributed by atoms with Crippen molar-refractivity contribution in [3.05, 3.63) is 96.1 Å². The third-order valence-electron chi connectivity index (χ3n) is 8.06. The second-order valence-corrected chi connectivity index (χ2v) is 11.8. The lowest BCUT2D eigenvalue weighted by Gasteiger charge is -2.42. The summed E-state index contributed by atoms with van der Waals surface area (Å²) in [5.74, 6) is 1.04. The average molecular weight is 537 g/mol. The molecule has 4 aromatic carbocycles. The van der Waals surface area contributed by atoms with Crippen LogP contribution in [0.4, 0.5) is 4.79 Å². The minimum absolute atomic E-state index is 0.0898. The van der Waals surface area contributed by atoms with Gasteiger partial charge < -0.3 is 19.3 Å². The van der Waals surface area contributed by atoms with Crippen LogP contribution < -0.4 is 9.47 Å². The van der Waals surface area contributed by atoms with Gasteiger partial charge in [0.2, 0.25) is 0 Å². The number of benzene rings is 4. The van der Waals surface area contributed by atoms with Crippen molar-refractivity contribution < 1.29 is 24.1 Å². The molecule has 206 valence electrons. The summed E-state index contributed by atoms with van der Waals surface area (Å²) in [5, 5.41) is 8.94. The maximum Gasteiger partial charge on any atom is 0.511 e. The summed E-state index contributed by atoms with van der Waals surface area (Å²) < 4.78 is 15.6. The molecular weight excluding hydrogens is 500 g/mol. The van der Waals surface area contributed by atoms with Crippen LogP contribution in [0, 0.1) is 0 Å². The molecule has 0 bridgehead atoms. The molecule has 5 nitrogen and oxygen atoms in total. The van der Waals surface area contributed by atoms with Crippen LogP contribution in [0.2, 0.25) is 0 Å². The molecule has 1 N–H and O–H groups in total. The zero-order valence-electron chi connectivity index (χ0n) is 23.8. The standard InChI is InChI=1S/C35H36O5/c1-34(2)17-18-35(3,4)32-21-26(12-16-31(32)34)30-20-24(23-9-13-27(14-10-23)40-33(36)37)11-15-29(30)25-7-6-8-28(19-25)39-22-38-5/h6-16,19-21H,17-18,22H2,1-5H3,(H,36,37). The van der Waals surface area contributed by atoms with Crippen molar-refractivity contribution in [1.29, 1.82) is 0 Å². The van der Waals surface area contributed by atoms with Gasteiger partial charge in [-0.1, -0.05) is 82.3 Å². The number of carbonyl (C=O) groups is 1. The number of hydrogen-bond donors (Lipinski definition) is 1. The minimum atomic E-state index is -1.32. The molecule has 0 radical (unpaired) electrons. The van der Waals surface area contributed by atoms with E-state index >= 15 is 0 Å². The molecule has 0 saturated heterocycles. The van der Waals surface area contributed by atoms with Crippen LogP contribution in [0.1, 0.15) is 51.7 Å². The Labute approximate surface area is 236 Å². The molecule has 0 aromatic heterocycles. The Bertz CT molecular complexity index is 1530. The molecular formula is C35H36O5. The molecule has 0 amide bonds. The number of ether oxygens (including phenoxy) is 3. The molecule has 0 saturated carbocycles. The fraction of sp³-hybridized carbons (Fsp3) is 0.286. The maximum absolute atomic E-state index is 10.9. The summed E-state index contributed by atoms with van der Waals surface area (Å²) in [7, 11) is 1.61. The van der Waals surface area contributed by atoms with Gasteiger partial charge in [-0.25, -0.2) is 4.79 Å². The van der Waals surface area contributed by atoms with Gasteiger partial charge in [0.1, 0.15) is 11.5 Å². The molecule has 5 rings (SSSR count). The van der Waals surface area contributed by atoms with Gasteiger partial charge in [0.25, 0.3) is 0 Å². The third-order valence-corrected chi connectivity index (χ3v) is 8.06. The van der Waals surface area contributed by atoms with Gasteiger partial charge in [-0.3, -0.25) is 0 Å². The van der Waals surface area contributed by atoms with E-state index in [4.69, 9.17) is 19.3 Å². The van der Waals surface area contributed by atoms with Crippen LogP contribution in [0.25, 0.3) is 33.4 Å². The van der Waals surface area contributed by atoms with Gasteiger partial charge in [-0.05, 0) is 98.5 Å². The van der Waals surface area contributed by atoms with Gasteiger partial charge in [0.05, 0.1) is 0 Å². The number of hydrogen-bond acceptors (Lipinski definition) is 4. The summed E-state index contributed by atoms with van der Waals surface area (Å²) in [6.07, 6.45) is 0.991. The van der Waals surface area contributed by atoms with E-state index in [1.165, 1.54) is 17.5 Å². The first-order valence-electron chi connectivity index (χ1n) is 13.6. The van der Waals surface area contributed by atoms with Crippen LogP contribution >= 0.6 is 0 Å². The summed E-state index contributed by atoms with van der Waals surface area (Å²) in [6.45, 7) is 9.57. The van der Waals surface area contributed by atoms with Gasteiger partial charge in [0, 0.05) is 7.11 Å². The van der Waals surface area contributed by atoms with Crippen LogP contribution in [-0.4, -0.2) is 25.2 Å². The fourth-order valence-electron chi connectivity index (χ4n) is 5.67. The van der Waals surface area contributed by atoms with E-state index in [0.717, 1.165) is 45.6 Å². The lowest BCUT2D eigenvalue weighted by molar-refractivity contribution is 0.0511. The normalized spacial score (nSPS) is 15.2. The van der Waals surface area contributed by atoms with Crippen molar-refractivity contribution in [2.45, 2.75) is 51.4 Å². The largest absolute Gasteiger partial charge is 0.511 e. The number of methoxy groups -OCH3 is 1. The van der Waals surface area contributed by atoms with Crippen molar-refractivity contribution in [2.24, 2.45) is 0 Å². The van der Waals surface area contributed by atoms with Crippen molar-refractivity contribution in [2.75, 3.05) is 13.9 Å². The number of carboxylic acid groups (broad SMARTS) is 1. The van der Waals surface area contributed by atoms with E-state index in [-0.39, 0.29) is 17.6 Å². The zero-order valence-corrected chi connectivity index (χ0v) is 23.8. The van der Waals surface area contributed by atoms with Gasteiger partial charge >= 0.3 is 6.16 Å². The summed E-state index contributed by atoms with van der Waals surface area (Å²) in [4.78, 5) is 10.9. The average Bonchev–Trinajstić information content (AvgIpc) is 2.94. The molecule has 40 heavy (non-hydrogen) atoms. The van der Waals surface area contributed by atoms with Crippen LogP contribution in [0.3, 0.4) is 0 Å². The SMILES string of the molecule is COCOc1cccc(-c2ccc(-c3ccc(OC(=O)O)cc3)cc2-c2ccc3c(c2)C(C)(C)CCC3(C)C)c1. The summed E-state index contributed by atoms with van der Waals surface area (Å²) >= 11 is 0. The molecule has 0 aliphatic heterocycles. The van der Waals surface area contributed by atoms with E-state index in [9.17, 15) is 4.79 Å². The number of fused-ring (bicyclic) bond motifs is 1. The number of rotatable bonds is 7. The predicted molar refractivity (Wildman–Crippen MR) is 159 cm³/mol. The van der Waals surface area contributed by atoms with Crippen molar-refractivity contribution in [3.63, 3.8) is 0 Å². The van der Waals surface area contributed by atoms with Gasteiger partial charge in [0.15, 0.2) is 6.79 Å². The second-order valence-electron chi connectivity index (χ2n) is 11.8. The maximum atomic E-state index is 10.9. The lowest BCUT2D eigenvalue weighted by Crippen LogP contribution is -2.33. The molecule has 1 aliphatic carbocycles. The molecule has 5 heteroatoms. The highest BCUT2D eigenvalue weighted by Gasteiger charge is 2.37. The van der Waals surface area contributed by atoms with Gasteiger partial charge in [-0.15, -0.1) is 0 Å². The topological polar surface area (TPSA) is 65.0 Å². The van der Waals surface area contributed by atoms with E-state index in [1.54, 1.807) is 19.2 Å². The van der Waals surface area contributed by atoms with Crippen molar-refractivity contribution >= 4 is 6.16 Å². The Morgan fingerprint density at radius 1 is 0.700 bits per heavy atom. The Morgan fingerprint density at radius 3 is 2.05 bits per heavy atom. The Balaban J connectivity index is 1.65. The molecule has 0 atom stereocenters. The highest BCUT2D eigenvalue weighted by Crippen LogP contribution is 2.48. The van der Waals surface area contributed by atoms with Crippen LogP contribution in [0.15, 0.2) is 84.9 Å². The van der Waals surface area contributed by atoms with E-state index in [0.29, 0.717) is 5.75 Å². The van der Waals surface area contributed by atoms with Crippen LogP contribution in [0.5, 0.6) is 11.5 Å². The smallest absolute Gasteiger partial charge is 0.468 e. The molecule has 0 fully saturated rings. The summed E-state index contributed by atoms with van der Waals surface area (Å²) in [5.41, 5.74) is 9.51. The van der Waals surface area contributed by atoms with E-state index < -0.39 is 6.16 Å². The fourth-order valence-corrected chi connectivity index (χ4v) is 5.67. The molecule has 4 aromatic rings. The van der Waals surface area contributed by atoms with Crippen molar-refractivity contribution in [3.8, 4) is 44.9 Å². The predicted octanol–water partition coefficient (Wildman–Crippen LogP) is 9.08. The Hall–Kier alpha value is -4.09. The van der Waals surface area contributed by atoms with E-state index in [1.807, 2.05) is 30.3 Å². The first-order valence-corrected chi connectivity index (χ1v) is 13.6. The van der Waals surface area contributed by atoms with Crippen molar-refractivity contribution in [1.82, 2.24) is 0 Å². The zero-order chi connectivity index (χ0) is 28.5. The summed E-state index contributed by atoms with van der Waals surface area (Å²) in [6, 6.07) is 28.6. The van der Waals surface area contributed by atoms with E-state index in [2.05, 4.69) is 70.2 Å². The molecule has 0 heterocycles. The molecule has 0 spiro atoms. The molecule has 0 unspecified atom stereocenters. The third kappa shape index (κ3) is 5.61. The highest BCUT2D eigenvalue weighted by molar-refractivity contribution is 5.88. The first-order chi connectivity index (χ1) is 19.1. The van der Waals surface area contributed by atoms with Crippen LogP contribution in [-0.2, 0) is 15.6 Å². The lowest BCUT2D eigenvalue weighted by atomic mass is 9.63. The Kier molecular flexibility index (Phi) is 7.43. The first kappa shape index (κ1) is 27.5.